The summed E-state index contributed by atoms with van der Waals surface area (Å²) in [4.78, 5) is 27.2. The van der Waals surface area contributed by atoms with E-state index in [9.17, 15) is 9.59 Å². The number of hydrogen-bond acceptors (Lipinski definition) is 5. The number of anilines is 1. The van der Waals surface area contributed by atoms with Crippen LogP contribution in [0.3, 0.4) is 0 Å². The lowest BCUT2D eigenvalue weighted by Gasteiger charge is -2.13. The maximum atomic E-state index is 12.4. The Morgan fingerprint density at radius 2 is 1.96 bits per heavy atom. The number of hydrogen-bond donors (Lipinski definition) is 2. The summed E-state index contributed by atoms with van der Waals surface area (Å²) in [5.41, 5.74) is 0.239. The van der Waals surface area contributed by atoms with Crippen LogP contribution < -0.4 is 14.8 Å². The van der Waals surface area contributed by atoms with Crippen molar-refractivity contribution in [2.24, 2.45) is 0 Å². The van der Waals surface area contributed by atoms with Gasteiger partial charge in [0.15, 0.2) is 0 Å². The fourth-order valence-electron chi connectivity index (χ4n) is 2.05. The third-order valence-corrected chi connectivity index (χ3v) is 3.39. The number of benzene rings is 1. The molecule has 1 aromatic carbocycles. The van der Waals surface area contributed by atoms with Gasteiger partial charge in [0.2, 0.25) is 0 Å². The molecule has 0 spiro atoms. The SMILES string of the molecule is CCCCOc1ccc(OC)cc1NC(=O)c1cccc(C(=O)O)n1. The molecular formula is C18H20N2O5. The number of carbonyl (C=O) groups excluding carboxylic acids is 1. The molecule has 0 bridgehead atoms. The zero-order chi connectivity index (χ0) is 18.2. The zero-order valence-corrected chi connectivity index (χ0v) is 14.1. The number of rotatable bonds is 8. The van der Waals surface area contributed by atoms with Crippen LogP contribution in [0.1, 0.15) is 40.7 Å². The van der Waals surface area contributed by atoms with Crippen molar-refractivity contribution in [3.8, 4) is 11.5 Å². The van der Waals surface area contributed by atoms with Crippen LogP contribution in [-0.4, -0.2) is 35.7 Å². The van der Waals surface area contributed by atoms with Crippen LogP contribution in [-0.2, 0) is 0 Å². The fraction of sp³-hybridized carbons (Fsp3) is 0.278. The maximum absolute atomic E-state index is 12.4. The Balaban J connectivity index is 2.23. The number of nitrogens with zero attached hydrogens (tertiary/aromatic N) is 1. The summed E-state index contributed by atoms with van der Waals surface area (Å²) in [7, 11) is 1.52. The van der Waals surface area contributed by atoms with Gasteiger partial charge >= 0.3 is 5.97 Å². The first kappa shape index (κ1) is 18.3. The molecule has 132 valence electrons. The van der Waals surface area contributed by atoms with E-state index in [0.717, 1.165) is 12.8 Å². The molecule has 1 aromatic heterocycles. The van der Waals surface area contributed by atoms with Crippen molar-refractivity contribution in [1.29, 1.82) is 0 Å². The Kier molecular flexibility index (Phi) is 6.33. The number of carboxylic acids is 1. The van der Waals surface area contributed by atoms with Gasteiger partial charge in [0.1, 0.15) is 22.9 Å². The van der Waals surface area contributed by atoms with Gasteiger partial charge in [0.25, 0.3) is 5.91 Å². The largest absolute Gasteiger partial charge is 0.497 e. The van der Waals surface area contributed by atoms with E-state index in [0.29, 0.717) is 23.8 Å². The number of pyridine rings is 1. The summed E-state index contributed by atoms with van der Waals surface area (Å²) >= 11 is 0. The molecule has 2 N–H and O–H groups in total. The summed E-state index contributed by atoms with van der Waals surface area (Å²) in [6.07, 6.45) is 1.88. The Hall–Kier alpha value is -3.09. The minimum atomic E-state index is -1.19. The van der Waals surface area contributed by atoms with Crippen molar-refractivity contribution in [3.05, 3.63) is 47.8 Å². The Morgan fingerprint density at radius 3 is 2.64 bits per heavy atom. The summed E-state index contributed by atoms with van der Waals surface area (Å²) in [6, 6.07) is 9.32. The number of unbranched alkanes of at least 4 members (excludes halogenated alkanes) is 1. The highest BCUT2D eigenvalue weighted by atomic mass is 16.5. The topological polar surface area (TPSA) is 97.8 Å². The van der Waals surface area contributed by atoms with Gasteiger partial charge in [0, 0.05) is 6.07 Å². The molecular weight excluding hydrogens is 324 g/mol. The molecule has 0 fully saturated rings. The molecule has 0 aliphatic heterocycles. The quantitative estimate of drug-likeness (QED) is 0.714. The van der Waals surface area contributed by atoms with Crippen LogP contribution in [0.2, 0.25) is 0 Å². The Bertz CT molecular complexity index is 761. The van der Waals surface area contributed by atoms with Gasteiger partial charge in [-0.3, -0.25) is 4.79 Å². The fourth-order valence-corrected chi connectivity index (χ4v) is 2.05. The molecule has 0 unspecified atom stereocenters. The van der Waals surface area contributed by atoms with Crippen LogP contribution in [0.15, 0.2) is 36.4 Å². The molecule has 0 saturated heterocycles. The zero-order valence-electron chi connectivity index (χ0n) is 14.1. The molecule has 0 aliphatic carbocycles. The second-order valence-corrected chi connectivity index (χ2v) is 5.23. The van der Waals surface area contributed by atoms with E-state index in [-0.39, 0.29) is 11.4 Å². The summed E-state index contributed by atoms with van der Waals surface area (Å²) < 4.78 is 10.9. The normalized spacial score (nSPS) is 10.2. The minimum absolute atomic E-state index is 0.00206. The molecule has 7 nitrogen and oxygen atoms in total. The lowest BCUT2D eigenvalue weighted by Crippen LogP contribution is -2.16. The van der Waals surface area contributed by atoms with Crippen LogP contribution in [0.5, 0.6) is 11.5 Å². The number of ether oxygens (including phenoxy) is 2. The van der Waals surface area contributed by atoms with Crippen molar-refractivity contribution in [2.75, 3.05) is 19.0 Å². The van der Waals surface area contributed by atoms with Crippen molar-refractivity contribution < 1.29 is 24.2 Å². The molecule has 25 heavy (non-hydrogen) atoms. The average Bonchev–Trinajstić information content (AvgIpc) is 2.63. The van der Waals surface area contributed by atoms with E-state index in [1.807, 2.05) is 0 Å². The molecule has 0 aliphatic rings. The number of carboxylic acid groups (broad SMARTS) is 1. The predicted molar refractivity (Wildman–Crippen MR) is 92.5 cm³/mol. The maximum Gasteiger partial charge on any atom is 0.354 e. The average molecular weight is 344 g/mol. The van der Waals surface area contributed by atoms with Gasteiger partial charge in [-0.2, -0.15) is 0 Å². The molecule has 0 saturated carbocycles. The van der Waals surface area contributed by atoms with E-state index in [1.54, 1.807) is 18.2 Å². The lowest BCUT2D eigenvalue weighted by atomic mass is 10.2. The van der Waals surface area contributed by atoms with E-state index in [2.05, 4.69) is 17.2 Å². The van der Waals surface area contributed by atoms with Gasteiger partial charge in [-0.25, -0.2) is 9.78 Å². The molecule has 2 rings (SSSR count). The number of carbonyl (C=O) groups is 2. The number of aromatic carboxylic acids is 1. The van der Waals surface area contributed by atoms with Crippen molar-refractivity contribution in [2.45, 2.75) is 19.8 Å². The van der Waals surface area contributed by atoms with Gasteiger partial charge in [-0.1, -0.05) is 19.4 Å². The first-order valence-corrected chi connectivity index (χ1v) is 7.87. The first-order valence-electron chi connectivity index (χ1n) is 7.87. The molecule has 0 atom stereocenters. The number of aromatic nitrogens is 1. The first-order chi connectivity index (χ1) is 12.0. The summed E-state index contributed by atoms with van der Waals surface area (Å²) in [5.74, 6) is -0.654. The van der Waals surface area contributed by atoms with Crippen LogP contribution in [0.25, 0.3) is 0 Å². The molecule has 7 heteroatoms. The van der Waals surface area contributed by atoms with E-state index in [4.69, 9.17) is 14.6 Å². The molecule has 1 amide bonds. The van der Waals surface area contributed by atoms with Crippen LogP contribution in [0.4, 0.5) is 5.69 Å². The predicted octanol–water partition coefficient (Wildman–Crippen LogP) is 3.22. The summed E-state index contributed by atoms with van der Waals surface area (Å²) in [5, 5.41) is 11.7. The van der Waals surface area contributed by atoms with E-state index in [1.165, 1.54) is 25.3 Å². The Labute approximate surface area is 145 Å². The van der Waals surface area contributed by atoms with E-state index < -0.39 is 11.9 Å². The monoisotopic (exact) mass is 344 g/mol. The number of amides is 1. The van der Waals surface area contributed by atoms with Crippen molar-refractivity contribution in [1.82, 2.24) is 4.98 Å². The van der Waals surface area contributed by atoms with Crippen molar-refractivity contribution >= 4 is 17.6 Å². The van der Waals surface area contributed by atoms with E-state index >= 15 is 0 Å². The second kappa shape index (κ2) is 8.68. The van der Waals surface area contributed by atoms with Crippen molar-refractivity contribution in [3.63, 3.8) is 0 Å². The summed E-state index contributed by atoms with van der Waals surface area (Å²) in [6.45, 7) is 2.58. The number of nitrogens with one attached hydrogen (secondary N) is 1. The van der Waals surface area contributed by atoms with Crippen LogP contribution >= 0.6 is 0 Å². The molecule has 0 radical (unpaired) electrons. The highest BCUT2D eigenvalue weighted by Crippen LogP contribution is 2.29. The standard InChI is InChI=1S/C18H20N2O5/c1-3-4-10-25-16-9-8-12(24-2)11-15(16)20-17(21)13-6-5-7-14(19-13)18(22)23/h5-9,11H,3-4,10H2,1-2H3,(H,20,21)(H,22,23). The minimum Gasteiger partial charge on any atom is -0.497 e. The highest BCUT2D eigenvalue weighted by Gasteiger charge is 2.14. The second-order valence-electron chi connectivity index (χ2n) is 5.23. The van der Waals surface area contributed by atoms with Crippen LogP contribution in [0, 0.1) is 0 Å². The number of methoxy groups -OCH3 is 1. The van der Waals surface area contributed by atoms with Gasteiger partial charge < -0.3 is 19.9 Å². The van der Waals surface area contributed by atoms with Gasteiger partial charge in [0.05, 0.1) is 19.4 Å². The van der Waals surface area contributed by atoms with Gasteiger partial charge in [-0.05, 0) is 30.7 Å². The third-order valence-electron chi connectivity index (χ3n) is 3.39. The smallest absolute Gasteiger partial charge is 0.354 e. The lowest BCUT2D eigenvalue weighted by molar-refractivity contribution is 0.0690. The highest BCUT2D eigenvalue weighted by molar-refractivity contribution is 6.04. The molecule has 2 aromatic rings. The molecule has 1 heterocycles. The van der Waals surface area contributed by atoms with Gasteiger partial charge in [-0.15, -0.1) is 0 Å². The third kappa shape index (κ3) is 4.94. The Morgan fingerprint density at radius 1 is 1.20 bits per heavy atom.